The molecule has 0 spiro atoms. The van der Waals surface area contributed by atoms with Crippen LogP contribution in [0.25, 0.3) is 0 Å². The van der Waals surface area contributed by atoms with Crippen LogP contribution in [0.4, 0.5) is 11.4 Å². The first kappa shape index (κ1) is 16.2. The van der Waals surface area contributed by atoms with Crippen molar-refractivity contribution in [1.82, 2.24) is 0 Å². The van der Waals surface area contributed by atoms with Gasteiger partial charge in [0.25, 0.3) is 10.0 Å². The summed E-state index contributed by atoms with van der Waals surface area (Å²) in [6.07, 6.45) is 0. The van der Waals surface area contributed by atoms with Gasteiger partial charge in [0.15, 0.2) is 0 Å². The number of nitrogens with one attached hydrogen (secondary N) is 1. The molecule has 0 unspecified atom stereocenters. The van der Waals surface area contributed by atoms with Gasteiger partial charge in [0.2, 0.25) is 0 Å². The van der Waals surface area contributed by atoms with Crippen molar-refractivity contribution in [2.75, 3.05) is 30.8 Å². The third-order valence-corrected chi connectivity index (χ3v) is 4.78. The third kappa shape index (κ3) is 3.33. The van der Waals surface area contributed by atoms with Crippen molar-refractivity contribution in [2.24, 2.45) is 0 Å². The molecule has 0 aliphatic carbocycles. The summed E-state index contributed by atoms with van der Waals surface area (Å²) in [6, 6.07) is 11.8. The van der Waals surface area contributed by atoms with E-state index in [9.17, 15) is 8.42 Å². The molecular weight excluding hydrogens is 300 g/mol. The van der Waals surface area contributed by atoms with Gasteiger partial charge in [-0.2, -0.15) is 0 Å². The molecule has 6 heteroatoms. The van der Waals surface area contributed by atoms with Crippen molar-refractivity contribution in [3.63, 3.8) is 0 Å². The number of hydrogen-bond acceptors (Lipinski definition) is 4. The molecule has 22 heavy (non-hydrogen) atoms. The van der Waals surface area contributed by atoms with Gasteiger partial charge in [-0.1, -0.05) is 6.07 Å². The Kier molecular flexibility index (Phi) is 4.61. The molecule has 5 nitrogen and oxygen atoms in total. The minimum Gasteiger partial charge on any atom is -0.497 e. The Labute approximate surface area is 131 Å². The van der Waals surface area contributed by atoms with Crippen LogP contribution in [0.15, 0.2) is 47.4 Å². The number of nitrogens with zero attached hydrogens (tertiary/aromatic N) is 1. The molecule has 0 aromatic heterocycles. The third-order valence-electron chi connectivity index (χ3n) is 3.40. The Morgan fingerprint density at radius 1 is 1.05 bits per heavy atom. The molecule has 0 saturated carbocycles. The SMILES string of the molecule is COc1ccc(S(=O)(=O)Nc2cccc(N(C)C)c2C)cc1. The summed E-state index contributed by atoms with van der Waals surface area (Å²) in [4.78, 5) is 2.14. The Bertz CT molecular complexity index is 753. The van der Waals surface area contributed by atoms with E-state index in [-0.39, 0.29) is 4.90 Å². The van der Waals surface area contributed by atoms with Gasteiger partial charge in [-0.15, -0.1) is 0 Å². The highest BCUT2D eigenvalue weighted by Gasteiger charge is 2.16. The lowest BCUT2D eigenvalue weighted by Crippen LogP contribution is -2.16. The highest BCUT2D eigenvalue weighted by Crippen LogP contribution is 2.27. The number of ether oxygens (including phenoxy) is 1. The lowest BCUT2D eigenvalue weighted by atomic mass is 10.1. The van der Waals surface area contributed by atoms with Crippen molar-refractivity contribution in [3.05, 3.63) is 48.0 Å². The number of sulfonamides is 1. The Balaban J connectivity index is 2.34. The van der Waals surface area contributed by atoms with Crippen LogP contribution in [-0.4, -0.2) is 29.6 Å². The lowest BCUT2D eigenvalue weighted by molar-refractivity contribution is 0.414. The molecule has 118 valence electrons. The van der Waals surface area contributed by atoms with Gasteiger partial charge < -0.3 is 9.64 Å². The maximum Gasteiger partial charge on any atom is 0.261 e. The Hall–Kier alpha value is -2.21. The van der Waals surface area contributed by atoms with E-state index >= 15 is 0 Å². The summed E-state index contributed by atoms with van der Waals surface area (Å²) in [7, 11) is 1.75. The molecule has 0 saturated heterocycles. The van der Waals surface area contributed by atoms with Crippen molar-refractivity contribution in [3.8, 4) is 5.75 Å². The normalized spacial score (nSPS) is 11.1. The second-order valence-electron chi connectivity index (χ2n) is 5.13. The molecule has 2 aromatic carbocycles. The molecule has 0 aliphatic heterocycles. The molecule has 0 fully saturated rings. The monoisotopic (exact) mass is 320 g/mol. The number of hydrogen-bond donors (Lipinski definition) is 1. The van der Waals surface area contributed by atoms with E-state index in [1.807, 2.05) is 38.1 Å². The minimum absolute atomic E-state index is 0.197. The molecule has 0 radical (unpaired) electrons. The quantitative estimate of drug-likeness (QED) is 0.920. The summed E-state index contributed by atoms with van der Waals surface area (Å²) in [5, 5.41) is 0. The first-order valence-corrected chi connectivity index (χ1v) is 8.27. The molecule has 0 aliphatic rings. The Morgan fingerprint density at radius 2 is 1.68 bits per heavy atom. The van der Waals surface area contributed by atoms with E-state index < -0.39 is 10.0 Å². The van der Waals surface area contributed by atoms with Gasteiger partial charge in [-0.3, -0.25) is 4.72 Å². The summed E-state index contributed by atoms with van der Waals surface area (Å²) < 4.78 is 32.6. The molecule has 0 bridgehead atoms. The second-order valence-corrected chi connectivity index (χ2v) is 6.81. The van der Waals surface area contributed by atoms with Crippen LogP contribution in [0.1, 0.15) is 5.56 Å². The number of benzene rings is 2. The molecule has 0 heterocycles. The van der Waals surface area contributed by atoms with Gasteiger partial charge in [-0.25, -0.2) is 8.42 Å². The van der Waals surface area contributed by atoms with Crippen molar-refractivity contribution in [2.45, 2.75) is 11.8 Å². The van der Waals surface area contributed by atoms with Gasteiger partial charge in [0, 0.05) is 19.8 Å². The zero-order valence-electron chi connectivity index (χ0n) is 13.1. The topological polar surface area (TPSA) is 58.6 Å². The van der Waals surface area contributed by atoms with Crippen molar-refractivity contribution < 1.29 is 13.2 Å². The first-order valence-electron chi connectivity index (χ1n) is 6.79. The predicted molar refractivity (Wildman–Crippen MR) is 89.3 cm³/mol. The van der Waals surface area contributed by atoms with Crippen LogP contribution in [0.2, 0.25) is 0 Å². The summed E-state index contributed by atoms with van der Waals surface area (Å²) in [5.74, 6) is 0.615. The summed E-state index contributed by atoms with van der Waals surface area (Å²) in [5.41, 5.74) is 2.42. The second kappa shape index (κ2) is 6.27. The van der Waals surface area contributed by atoms with Gasteiger partial charge in [0.1, 0.15) is 5.75 Å². The predicted octanol–water partition coefficient (Wildman–Crippen LogP) is 2.87. The zero-order valence-corrected chi connectivity index (χ0v) is 13.9. The lowest BCUT2D eigenvalue weighted by Gasteiger charge is -2.19. The maximum atomic E-state index is 12.5. The summed E-state index contributed by atoms with van der Waals surface area (Å²) in [6.45, 7) is 1.89. The number of anilines is 2. The largest absolute Gasteiger partial charge is 0.497 e. The average molecular weight is 320 g/mol. The van der Waals surface area contributed by atoms with Crippen LogP contribution in [0.5, 0.6) is 5.75 Å². The van der Waals surface area contributed by atoms with E-state index in [1.54, 1.807) is 18.2 Å². The molecule has 2 aromatic rings. The van der Waals surface area contributed by atoms with E-state index in [4.69, 9.17) is 4.74 Å². The van der Waals surface area contributed by atoms with Crippen LogP contribution in [0.3, 0.4) is 0 Å². The van der Waals surface area contributed by atoms with Crippen LogP contribution in [0, 0.1) is 6.92 Å². The standard InChI is InChI=1S/C16H20N2O3S/c1-12-15(6-5-7-16(12)18(2)3)17-22(19,20)14-10-8-13(21-4)9-11-14/h5-11,17H,1-4H3. The van der Waals surface area contributed by atoms with E-state index in [0.717, 1.165) is 11.3 Å². The molecule has 0 amide bonds. The Morgan fingerprint density at radius 3 is 2.23 bits per heavy atom. The van der Waals surface area contributed by atoms with Crippen LogP contribution in [-0.2, 0) is 10.0 Å². The molecule has 0 atom stereocenters. The van der Waals surface area contributed by atoms with Gasteiger partial charge >= 0.3 is 0 Å². The fourth-order valence-electron chi connectivity index (χ4n) is 2.18. The van der Waals surface area contributed by atoms with Crippen LogP contribution < -0.4 is 14.4 Å². The van der Waals surface area contributed by atoms with E-state index in [0.29, 0.717) is 11.4 Å². The zero-order chi connectivity index (χ0) is 16.3. The van der Waals surface area contributed by atoms with Gasteiger partial charge in [0.05, 0.1) is 17.7 Å². The maximum absolute atomic E-state index is 12.5. The number of rotatable bonds is 5. The highest BCUT2D eigenvalue weighted by molar-refractivity contribution is 7.92. The summed E-state index contributed by atoms with van der Waals surface area (Å²) >= 11 is 0. The van der Waals surface area contributed by atoms with Gasteiger partial charge in [-0.05, 0) is 48.9 Å². The first-order chi connectivity index (χ1) is 10.3. The van der Waals surface area contributed by atoms with Crippen LogP contribution >= 0.6 is 0 Å². The fraction of sp³-hybridized carbons (Fsp3) is 0.250. The molecular formula is C16H20N2O3S. The molecule has 1 N–H and O–H groups in total. The van der Waals surface area contributed by atoms with Crippen molar-refractivity contribution in [1.29, 1.82) is 0 Å². The number of methoxy groups -OCH3 is 1. The smallest absolute Gasteiger partial charge is 0.261 e. The van der Waals surface area contributed by atoms with Crippen molar-refractivity contribution >= 4 is 21.4 Å². The average Bonchev–Trinajstić information content (AvgIpc) is 2.49. The van der Waals surface area contributed by atoms with E-state index in [1.165, 1.54) is 19.2 Å². The highest BCUT2D eigenvalue weighted by atomic mass is 32.2. The fourth-order valence-corrected chi connectivity index (χ4v) is 3.30. The minimum atomic E-state index is -3.63. The van der Waals surface area contributed by atoms with E-state index in [2.05, 4.69) is 4.72 Å². The molecule has 2 rings (SSSR count).